The van der Waals surface area contributed by atoms with Crippen molar-refractivity contribution in [3.63, 3.8) is 0 Å². The molecular weight excluding hydrogens is 236 g/mol. The molecule has 0 saturated carbocycles. The molecule has 1 atom stereocenters. The molecule has 0 bridgehead atoms. The van der Waals surface area contributed by atoms with Gasteiger partial charge in [0.2, 0.25) is 5.91 Å². The molecule has 1 unspecified atom stereocenters. The first-order valence-corrected chi connectivity index (χ1v) is 6.12. The van der Waals surface area contributed by atoms with E-state index in [9.17, 15) is 9.59 Å². The first-order valence-electron chi connectivity index (χ1n) is 6.12. The second-order valence-electron chi connectivity index (χ2n) is 5.40. The van der Waals surface area contributed by atoms with Crippen LogP contribution in [0.2, 0.25) is 0 Å². The van der Waals surface area contributed by atoms with E-state index in [1.807, 2.05) is 0 Å². The summed E-state index contributed by atoms with van der Waals surface area (Å²) in [6.07, 6.45) is 1.52. The monoisotopic (exact) mass is 258 g/mol. The van der Waals surface area contributed by atoms with Crippen molar-refractivity contribution in [1.29, 1.82) is 0 Å². The van der Waals surface area contributed by atoms with E-state index < -0.39 is 11.5 Å². The summed E-state index contributed by atoms with van der Waals surface area (Å²) in [4.78, 5) is 28.9. The average molecular weight is 258 g/mol. The maximum Gasteiger partial charge on any atom is 0.330 e. The normalized spacial score (nSPS) is 20.8. The molecule has 18 heavy (non-hydrogen) atoms. The Morgan fingerprint density at radius 3 is 2.61 bits per heavy atom. The van der Waals surface area contributed by atoms with E-state index in [1.165, 1.54) is 12.2 Å². The Balaban J connectivity index is 2.54. The van der Waals surface area contributed by atoms with E-state index in [0.717, 1.165) is 6.42 Å². The van der Waals surface area contributed by atoms with Crippen molar-refractivity contribution in [2.45, 2.75) is 39.7 Å². The highest BCUT2D eigenvalue weighted by Crippen LogP contribution is 2.22. The van der Waals surface area contributed by atoms with Crippen LogP contribution >= 0.6 is 0 Å². The number of nitrogens with one attached hydrogen (secondary N) is 1. The van der Waals surface area contributed by atoms with Crippen molar-refractivity contribution in [3.8, 4) is 0 Å². The summed E-state index contributed by atoms with van der Waals surface area (Å²) in [5.41, 5.74) is -0.573. The van der Waals surface area contributed by atoms with Crippen LogP contribution in [-0.2, 0) is 19.2 Å². The van der Waals surface area contributed by atoms with Crippen LogP contribution in [0.4, 0.5) is 0 Å². The molecule has 0 spiro atoms. The van der Waals surface area contributed by atoms with Gasteiger partial charge in [-0.25, -0.2) is 4.79 Å². The first kappa shape index (κ1) is 14.9. The minimum atomic E-state index is -0.573. The molecule has 0 aromatic rings. The molecule has 1 amide bonds. The van der Waals surface area contributed by atoms with Gasteiger partial charge in [-0.1, -0.05) is 0 Å². The van der Waals surface area contributed by atoms with Crippen LogP contribution in [0, 0.1) is 5.41 Å². The standard InChI is InChI=1S/C12H22N2O4/c1-12(2,3)11(16)18-14-7-5-6-9(14)10(15)13-8-17-4/h9H,5-8H2,1-4H3,(H,13,15). The second-order valence-corrected chi connectivity index (χ2v) is 5.40. The van der Waals surface area contributed by atoms with Crippen LogP contribution in [0.1, 0.15) is 33.6 Å². The zero-order valence-electron chi connectivity index (χ0n) is 11.5. The van der Waals surface area contributed by atoms with E-state index in [-0.39, 0.29) is 18.6 Å². The van der Waals surface area contributed by atoms with Gasteiger partial charge < -0.3 is 14.9 Å². The molecule has 1 aliphatic heterocycles. The number of rotatable bonds is 4. The number of carbonyl (C=O) groups is 2. The Hall–Kier alpha value is -1.14. The molecule has 104 valence electrons. The Morgan fingerprint density at radius 2 is 2.06 bits per heavy atom. The quantitative estimate of drug-likeness (QED) is 0.751. The van der Waals surface area contributed by atoms with Crippen LogP contribution in [-0.4, -0.2) is 43.4 Å². The number of hydroxylamine groups is 2. The van der Waals surface area contributed by atoms with Crippen molar-refractivity contribution in [2.24, 2.45) is 5.41 Å². The van der Waals surface area contributed by atoms with Crippen LogP contribution in [0.3, 0.4) is 0 Å². The highest BCUT2D eigenvalue weighted by molar-refractivity contribution is 5.82. The van der Waals surface area contributed by atoms with Crippen LogP contribution < -0.4 is 5.32 Å². The van der Waals surface area contributed by atoms with Gasteiger partial charge in [0.15, 0.2) is 0 Å². The smallest absolute Gasteiger partial charge is 0.330 e. The number of methoxy groups -OCH3 is 1. The van der Waals surface area contributed by atoms with Gasteiger partial charge in [0.05, 0.1) is 5.41 Å². The molecule has 0 aromatic carbocycles. The molecule has 6 heteroatoms. The molecule has 0 radical (unpaired) electrons. The third-order valence-corrected chi connectivity index (χ3v) is 2.71. The fourth-order valence-corrected chi connectivity index (χ4v) is 1.62. The minimum absolute atomic E-state index is 0.163. The predicted octanol–water partition coefficient (Wildman–Crippen LogP) is 0.675. The molecule has 1 aliphatic rings. The maximum atomic E-state index is 11.8. The van der Waals surface area contributed by atoms with E-state index >= 15 is 0 Å². The Bertz CT molecular complexity index is 312. The largest absolute Gasteiger partial charge is 0.367 e. The van der Waals surface area contributed by atoms with Gasteiger partial charge in [0.1, 0.15) is 12.8 Å². The van der Waals surface area contributed by atoms with Crippen molar-refractivity contribution >= 4 is 11.9 Å². The summed E-state index contributed by atoms with van der Waals surface area (Å²) in [5, 5.41) is 4.09. The van der Waals surface area contributed by atoms with Crippen molar-refractivity contribution < 1.29 is 19.2 Å². The molecule has 1 heterocycles. The van der Waals surface area contributed by atoms with Crippen LogP contribution in [0.5, 0.6) is 0 Å². The number of nitrogens with zero attached hydrogens (tertiary/aromatic N) is 1. The van der Waals surface area contributed by atoms with Gasteiger partial charge in [0, 0.05) is 13.7 Å². The number of amides is 1. The summed E-state index contributed by atoms with van der Waals surface area (Å²) >= 11 is 0. The highest BCUT2D eigenvalue weighted by atomic mass is 16.7. The first-order chi connectivity index (χ1) is 8.36. The molecule has 6 nitrogen and oxygen atoms in total. The third-order valence-electron chi connectivity index (χ3n) is 2.71. The number of carbonyl (C=O) groups excluding carboxylic acids is 2. The minimum Gasteiger partial charge on any atom is -0.367 e. The maximum absolute atomic E-state index is 11.8. The summed E-state index contributed by atoms with van der Waals surface area (Å²) < 4.78 is 4.78. The zero-order valence-corrected chi connectivity index (χ0v) is 11.5. The molecule has 0 aromatic heterocycles. The van der Waals surface area contributed by atoms with E-state index in [1.54, 1.807) is 20.8 Å². The summed E-state index contributed by atoms with van der Waals surface area (Å²) in [7, 11) is 1.51. The fourth-order valence-electron chi connectivity index (χ4n) is 1.62. The van der Waals surface area contributed by atoms with Gasteiger partial charge in [-0.15, -0.1) is 5.06 Å². The fraction of sp³-hybridized carbons (Fsp3) is 0.833. The van der Waals surface area contributed by atoms with Gasteiger partial charge in [-0.05, 0) is 33.6 Å². The van der Waals surface area contributed by atoms with Gasteiger partial charge in [0.25, 0.3) is 0 Å². The van der Waals surface area contributed by atoms with Crippen LogP contribution in [0.15, 0.2) is 0 Å². The molecule has 1 N–H and O–H groups in total. The van der Waals surface area contributed by atoms with E-state index in [4.69, 9.17) is 9.57 Å². The van der Waals surface area contributed by atoms with E-state index in [0.29, 0.717) is 13.0 Å². The molecule has 1 rings (SSSR count). The lowest BCUT2D eigenvalue weighted by Gasteiger charge is -2.26. The van der Waals surface area contributed by atoms with Gasteiger partial charge in [-0.3, -0.25) is 4.79 Å². The topological polar surface area (TPSA) is 67.9 Å². The average Bonchev–Trinajstić information content (AvgIpc) is 2.72. The Morgan fingerprint density at radius 1 is 1.39 bits per heavy atom. The van der Waals surface area contributed by atoms with Crippen molar-refractivity contribution in [2.75, 3.05) is 20.4 Å². The molecule has 0 aliphatic carbocycles. The zero-order chi connectivity index (χ0) is 13.8. The summed E-state index contributed by atoms with van der Waals surface area (Å²) in [6.45, 7) is 6.10. The Labute approximate surface area is 108 Å². The van der Waals surface area contributed by atoms with E-state index in [2.05, 4.69) is 5.32 Å². The highest BCUT2D eigenvalue weighted by Gasteiger charge is 2.36. The van der Waals surface area contributed by atoms with Crippen molar-refractivity contribution in [3.05, 3.63) is 0 Å². The lowest BCUT2D eigenvalue weighted by Crippen LogP contribution is -2.45. The van der Waals surface area contributed by atoms with Crippen LogP contribution in [0.25, 0.3) is 0 Å². The van der Waals surface area contributed by atoms with Gasteiger partial charge in [-0.2, -0.15) is 0 Å². The molecule has 1 saturated heterocycles. The summed E-state index contributed by atoms with van der Waals surface area (Å²) in [5.74, 6) is -0.495. The lowest BCUT2D eigenvalue weighted by atomic mass is 9.98. The third kappa shape index (κ3) is 3.96. The lowest BCUT2D eigenvalue weighted by molar-refractivity contribution is -0.204. The predicted molar refractivity (Wildman–Crippen MR) is 65.3 cm³/mol. The number of hydrogen-bond donors (Lipinski definition) is 1. The Kier molecular flexibility index (Phi) is 5.10. The SMILES string of the molecule is COCNC(=O)C1CCCN1OC(=O)C(C)(C)C. The molecule has 1 fully saturated rings. The summed E-state index contributed by atoms with van der Waals surface area (Å²) in [6, 6.07) is -0.411. The van der Waals surface area contributed by atoms with Crippen molar-refractivity contribution in [1.82, 2.24) is 10.4 Å². The van der Waals surface area contributed by atoms with Gasteiger partial charge >= 0.3 is 5.97 Å². The second kappa shape index (κ2) is 6.15. The molecular formula is C12H22N2O4. The number of hydrogen-bond acceptors (Lipinski definition) is 5. The number of ether oxygens (including phenoxy) is 1.